The number of nitrogens with one attached hydrogen (secondary N) is 2. The molecule has 0 spiro atoms. The molecule has 1 fully saturated rings. The predicted octanol–water partition coefficient (Wildman–Crippen LogP) is 0.758. The monoisotopic (exact) mass is 172 g/mol. The first-order valence-electron chi connectivity index (χ1n) is 4.62. The fourth-order valence-electron chi connectivity index (χ4n) is 1.34. The summed E-state index contributed by atoms with van der Waals surface area (Å²) < 4.78 is 0. The highest BCUT2D eigenvalue weighted by Gasteiger charge is 2.36. The summed E-state index contributed by atoms with van der Waals surface area (Å²) in [6.45, 7) is 7.60. The highest BCUT2D eigenvalue weighted by molar-refractivity contribution is 5.84. The van der Waals surface area contributed by atoms with E-state index in [-0.39, 0.29) is 11.3 Å². The number of carbonyl (C=O) groups is 1. The summed E-state index contributed by atoms with van der Waals surface area (Å²) in [5, 5.41) is 5.84. The zero-order valence-corrected chi connectivity index (χ0v) is 8.53. The average molecular weight is 172 g/mol. The van der Waals surface area contributed by atoms with Crippen molar-refractivity contribution in [1.82, 2.24) is 10.6 Å². The van der Waals surface area contributed by atoms with E-state index in [0.717, 1.165) is 19.5 Å². The Labute approximate surface area is 74.9 Å². The molecule has 0 aromatic rings. The molecule has 3 heteroatoms. The summed E-state index contributed by atoms with van der Waals surface area (Å²) in [6.07, 6.45) is 0.951. The van der Waals surface area contributed by atoms with E-state index in [1.54, 1.807) is 0 Å². The molecule has 0 aromatic carbocycles. The Morgan fingerprint density at radius 1 is 1.58 bits per heavy atom. The van der Waals surface area contributed by atoms with Crippen LogP contribution in [0.3, 0.4) is 0 Å². The molecule has 1 amide bonds. The van der Waals surface area contributed by atoms with Gasteiger partial charge in [-0.25, -0.2) is 0 Å². The van der Waals surface area contributed by atoms with Gasteiger partial charge in [0.25, 0.3) is 0 Å². The van der Waals surface area contributed by atoms with Crippen LogP contribution in [0.15, 0.2) is 0 Å². The van der Waals surface area contributed by atoms with Gasteiger partial charge in [-0.1, -0.05) is 13.8 Å². The SMILES string of the molecule is CC.CNCC1(C)CCNC1=O. The Balaban J connectivity index is 0.000000561. The zero-order valence-electron chi connectivity index (χ0n) is 8.53. The molecule has 0 aliphatic carbocycles. The number of hydrogen-bond acceptors (Lipinski definition) is 2. The second kappa shape index (κ2) is 5.14. The van der Waals surface area contributed by atoms with Crippen LogP contribution < -0.4 is 10.6 Å². The molecular formula is C9H20N2O. The van der Waals surface area contributed by atoms with Crippen molar-refractivity contribution in [2.75, 3.05) is 20.1 Å². The molecule has 1 unspecified atom stereocenters. The Bertz CT molecular complexity index is 147. The molecule has 0 radical (unpaired) electrons. The van der Waals surface area contributed by atoms with E-state index >= 15 is 0 Å². The average Bonchev–Trinajstić information content (AvgIpc) is 2.37. The van der Waals surface area contributed by atoms with Gasteiger partial charge in [0.05, 0.1) is 5.41 Å². The molecule has 1 atom stereocenters. The number of rotatable bonds is 2. The van der Waals surface area contributed by atoms with Gasteiger partial charge in [0.15, 0.2) is 0 Å². The smallest absolute Gasteiger partial charge is 0.227 e. The van der Waals surface area contributed by atoms with Crippen LogP contribution in [0.25, 0.3) is 0 Å². The third kappa shape index (κ3) is 2.48. The molecule has 1 aliphatic rings. The fraction of sp³-hybridized carbons (Fsp3) is 0.889. The first-order valence-corrected chi connectivity index (χ1v) is 4.62. The van der Waals surface area contributed by atoms with Crippen molar-refractivity contribution in [1.29, 1.82) is 0 Å². The van der Waals surface area contributed by atoms with E-state index in [4.69, 9.17) is 0 Å². The van der Waals surface area contributed by atoms with Gasteiger partial charge in [0, 0.05) is 13.1 Å². The first kappa shape index (κ1) is 11.4. The van der Waals surface area contributed by atoms with Crippen molar-refractivity contribution in [3.63, 3.8) is 0 Å². The molecule has 12 heavy (non-hydrogen) atoms. The van der Waals surface area contributed by atoms with Crippen LogP contribution >= 0.6 is 0 Å². The molecule has 72 valence electrons. The van der Waals surface area contributed by atoms with Gasteiger partial charge in [-0.3, -0.25) is 4.79 Å². The maximum absolute atomic E-state index is 11.1. The third-order valence-corrected chi connectivity index (χ3v) is 2.08. The van der Waals surface area contributed by atoms with Crippen molar-refractivity contribution in [3.8, 4) is 0 Å². The quantitative estimate of drug-likeness (QED) is 0.645. The topological polar surface area (TPSA) is 41.1 Å². The van der Waals surface area contributed by atoms with Crippen molar-refractivity contribution in [2.24, 2.45) is 5.41 Å². The van der Waals surface area contributed by atoms with Crippen LogP contribution in [-0.4, -0.2) is 26.0 Å². The highest BCUT2D eigenvalue weighted by atomic mass is 16.2. The third-order valence-electron chi connectivity index (χ3n) is 2.08. The largest absolute Gasteiger partial charge is 0.356 e. The van der Waals surface area contributed by atoms with Gasteiger partial charge >= 0.3 is 0 Å². The van der Waals surface area contributed by atoms with Gasteiger partial charge in [-0.2, -0.15) is 0 Å². The minimum absolute atomic E-state index is 0.158. The molecule has 0 bridgehead atoms. The standard InChI is InChI=1S/C7H14N2O.C2H6/c1-7(5-8-2)3-4-9-6(7)10;1-2/h8H,3-5H2,1-2H3,(H,9,10);1-2H3. The summed E-state index contributed by atoms with van der Waals surface area (Å²) >= 11 is 0. The van der Waals surface area contributed by atoms with Crippen molar-refractivity contribution < 1.29 is 4.79 Å². The van der Waals surface area contributed by atoms with Gasteiger partial charge in [0.1, 0.15) is 0 Å². The van der Waals surface area contributed by atoms with E-state index in [1.807, 2.05) is 27.8 Å². The molecular weight excluding hydrogens is 152 g/mol. The van der Waals surface area contributed by atoms with Crippen LogP contribution in [0.2, 0.25) is 0 Å². The van der Waals surface area contributed by atoms with E-state index in [9.17, 15) is 4.79 Å². The maximum Gasteiger partial charge on any atom is 0.227 e. The molecule has 1 aliphatic heterocycles. The first-order chi connectivity index (χ1) is 5.69. The van der Waals surface area contributed by atoms with E-state index in [1.165, 1.54) is 0 Å². The molecule has 1 saturated heterocycles. The van der Waals surface area contributed by atoms with Crippen molar-refractivity contribution in [2.45, 2.75) is 27.2 Å². The lowest BCUT2D eigenvalue weighted by Crippen LogP contribution is -2.36. The van der Waals surface area contributed by atoms with Crippen LogP contribution in [-0.2, 0) is 4.79 Å². The van der Waals surface area contributed by atoms with E-state index in [2.05, 4.69) is 10.6 Å². The molecule has 0 aromatic heterocycles. The van der Waals surface area contributed by atoms with Gasteiger partial charge in [-0.15, -0.1) is 0 Å². The number of hydrogen-bond donors (Lipinski definition) is 2. The fourth-order valence-corrected chi connectivity index (χ4v) is 1.34. The number of carbonyl (C=O) groups excluding carboxylic acids is 1. The van der Waals surface area contributed by atoms with Crippen LogP contribution in [0.5, 0.6) is 0 Å². The molecule has 3 nitrogen and oxygen atoms in total. The lowest BCUT2D eigenvalue weighted by molar-refractivity contribution is -0.126. The Kier molecular flexibility index (Phi) is 4.90. The Morgan fingerprint density at radius 3 is 2.50 bits per heavy atom. The normalized spacial score (nSPS) is 27.5. The summed E-state index contributed by atoms with van der Waals surface area (Å²) in [6, 6.07) is 0. The van der Waals surface area contributed by atoms with Crippen LogP contribution in [0, 0.1) is 5.41 Å². The lowest BCUT2D eigenvalue weighted by atomic mass is 9.89. The van der Waals surface area contributed by atoms with Gasteiger partial charge < -0.3 is 10.6 Å². The Hall–Kier alpha value is -0.570. The summed E-state index contributed by atoms with van der Waals surface area (Å²) in [7, 11) is 1.87. The van der Waals surface area contributed by atoms with Crippen LogP contribution in [0.1, 0.15) is 27.2 Å². The predicted molar refractivity (Wildman–Crippen MR) is 51.0 cm³/mol. The van der Waals surface area contributed by atoms with Crippen molar-refractivity contribution >= 4 is 5.91 Å². The zero-order chi connectivity index (χ0) is 9.61. The highest BCUT2D eigenvalue weighted by Crippen LogP contribution is 2.24. The van der Waals surface area contributed by atoms with Crippen molar-refractivity contribution in [3.05, 3.63) is 0 Å². The van der Waals surface area contributed by atoms with E-state index in [0.29, 0.717) is 0 Å². The lowest BCUT2D eigenvalue weighted by Gasteiger charge is -2.18. The van der Waals surface area contributed by atoms with E-state index < -0.39 is 0 Å². The second-order valence-electron chi connectivity index (χ2n) is 3.10. The Morgan fingerprint density at radius 2 is 2.17 bits per heavy atom. The van der Waals surface area contributed by atoms with Crippen LogP contribution in [0.4, 0.5) is 0 Å². The minimum Gasteiger partial charge on any atom is -0.356 e. The van der Waals surface area contributed by atoms with Gasteiger partial charge in [0.2, 0.25) is 5.91 Å². The molecule has 0 saturated carbocycles. The summed E-state index contributed by atoms with van der Waals surface area (Å²) in [5.41, 5.74) is -0.158. The minimum atomic E-state index is -0.158. The molecule has 2 N–H and O–H groups in total. The second-order valence-corrected chi connectivity index (χ2v) is 3.10. The van der Waals surface area contributed by atoms with Gasteiger partial charge in [-0.05, 0) is 20.4 Å². The summed E-state index contributed by atoms with van der Waals surface area (Å²) in [5.74, 6) is 0.182. The molecule has 1 rings (SSSR count). The number of amides is 1. The molecule has 1 heterocycles. The maximum atomic E-state index is 11.1. The summed E-state index contributed by atoms with van der Waals surface area (Å²) in [4.78, 5) is 11.1.